The topological polar surface area (TPSA) is 70.2 Å². The first-order valence-electron chi connectivity index (χ1n) is 11.5. The Morgan fingerprint density at radius 1 is 1.13 bits per heavy atom. The highest BCUT2D eigenvalue weighted by atomic mass is 32.2. The Hall–Kier alpha value is -1.64. The molecule has 2 fully saturated rings. The van der Waals surface area contributed by atoms with Crippen molar-refractivity contribution in [1.82, 2.24) is 14.1 Å². The highest BCUT2D eigenvalue weighted by Gasteiger charge is 2.44. The molecule has 7 nitrogen and oxygen atoms in total. The molecule has 0 unspecified atom stereocenters. The highest BCUT2D eigenvalue weighted by Crippen LogP contribution is 2.42. The van der Waals surface area contributed by atoms with Crippen molar-refractivity contribution in [1.29, 1.82) is 0 Å². The molecule has 8 heteroatoms. The smallest absolute Gasteiger partial charge is 0.409 e. The summed E-state index contributed by atoms with van der Waals surface area (Å²) >= 11 is 0. The van der Waals surface area contributed by atoms with E-state index in [4.69, 9.17) is 4.74 Å². The van der Waals surface area contributed by atoms with E-state index in [1.54, 1.807) is 4.31 Å². The van der Waals surface area contributed by atoms with Gasteiger partial charge in [-0.1, -0.05) is 24.3 Å². The van der Waals surface area contributed by atoms with E-state index in [1.165, 1.54) is 11.8 Å². The zero-order valence-corrected chi connectivity index (χ0v) is 19.6. The Morgan fingerprint density at radius 3 is 2.45 bits per heavy atom. The number of ether oxygens (including phenoxy) is 1. The van der Waals surface area contributed by atoms with Crippen LogP contribution in [0.25, 0.3) is 0 Å². The first-order valence-corrected chi connectivity index (χ1v) is 13.3. The molecule has 1 aromatic rings. The first kappa shape index (κ1) is 22.6. The third kappa shape index (κ3) is 4.91. The van der Waals surface area contributed by atoms with Gasteiger partial charge in [-0.2, -0.15) is 4.31 Å². The van der Waals surface area contributed by atoms with E-state index in [1.807, 2.05) is 17.9 Å². The van der Waals surface area contributed by atoms with Crippen LogP contribution in [-0.4, -0.2) is 80.7 Å². The van der Waals surface area contributed by atoms with Gasteiger partial charge in [0.05, 0.1) is 12.9 Å². The van der Waals surface area contributed by atoms with E-state index in [2.05, 4.69) is 23.1 Å². The normalized spacial score (nSPS) is 23.0. The average molecular weight is 450 g/mol. The third-order valence-electron chi connectivity index (χ3n) is 7.35. The number of carbonyl (C=O) groups excluding carboxylic acids is 1. The number of sulfonamides is 1. The number of piperidine rings is 2. The molecule has 1 spiro atoms. The van der Waals surface area contributed by atoms with Crippen LogP contribution in [0.15, 0.2) is 24.3 Å². The summed E-state index contributed by atoms with van der Waals surface area (Å²) in [5.74, 6) is 0.603. The third-order valence-corrected chi connectivity index (χ3v) is 8.55. The minimum absolute atomic E-state index is 0.0816. The maximum absolute atomic E-state index is 12.3. The number of amides is 1. The zero-order chi connectivity index (χ0) is 22.1. The second kappa shape index (κ2) is 9.08. The molecule has 1 amide bonds. The maximum Gasteiger partial charge on any atom is 0.409 e. The lowest BCUT2D eigenvalue weighted by Gasteiger charge is -2.48. The van der Waals surface area contributed by atoms with Crippen LogP contribution in [0.5, 0.6) is 0 Å². The van der Waals surface area contributed by atoms with Crippen molar-refractivity contribution >= 4 is 16.1 Å². The number of likely N-dealkylation sites (tertiary alicyclic amines) is 2. The molecule has 0 aliphatic carbocycles. The number of nitrogens with zero attached hydrogens (tertiary/aromatic N) is 3. The SMILES string of the molecule is CCOC(=O)N1CCC(CN2CCC3(CC2)CN(S(C)(=O)=O)Cc2ccccc23)CC1. The Kier molecular flexibility index (Phi) is 6.60. The van der Waals surface area contributed by atoms with E-state index < -0.39 is 10.0 Å². The molecule has 31 heavy (non-hydrogen) atoms. The summed E-state index contributed by atoms with van der Waals surface area (Å²) in [6, 6.07) is 8.38. The van der Waals surface area contributed by atoms with Crippen LogP contribution in [0, 0.1) is 5.92 Å². The van der Waals surface area contributed by atoms with Gasteiger partial charge in [-0.15, -0.1) is 0 Å². The van der Waals surface area contributed by atoms with Crippen LogP contribution in [0.2, 0.25) is 0 Å². The summed E-state index contributed by atoms with van der Waals surface area (Å²) in [6.45, 7) is 7.93. The van der Waals surface area contributed by atoms with Crippen LogP contribution in [0.1, 0.15) is 43.7 Å². The van der Waals surface area contributed by atoms with Gasteiger partial charge in [0.1, 0.15) is 0 Å². The predicted octanol–water partition coefficient (Wildman–Crippen LogP) is 2.66. The standard InChI is InChI=1S/C23H35N3O4S/c1-3-30-22(27)25-12-8-19(9-13-25)16-24-14-10-23(11-15-24)18-26(31(2,28)29)17-20-6-4-5-7-21(20)23/h4-7,19H,3,8-18H2,1-2H3. The molecule has 0 N–H and O–H groups in total. The molecule has 2 saturated heterocycles. The molecule has 172 valence electrons. The predicted molar refractivity (Wildman–Crippen MR) is 120 cm³/mol. The van der Waals surface area contributed by atoms with Crippen LogP contribution in [0.3, 0.4) is 0 Å². The van der Waals surface area contributed by atoms with E-state index in [-0.39, 0.29) is 11.5 Å². The van der Waals surface area contributed by atoms with Crippen molar-refractivity contribution in [3.8, 4) is 0 Å². The first-order chi connectivity index (χ1) is 14.8. The molecule has 4 rings (SSSR count). The molecule has 1 aromatic carbocycles. The van der Waals surface area contributed by atoms with Gasteiger partial charge in [0.15, 0.2) is 0 Å². The summed E-state index contributed by atoms with van der Waals surface area (Å²) in [6.07, 6.45) is 5.14. The minimum atomic E-state index is -3.22. The van der Waals surface area contributed by atoms with Crippen LogP contribution in [-0.2, 0) is 26.7 Å². The lowest BCUT2D eigenvalue weighted by atomic mass is 9.69. The van der Waals surface area contributed by atoms with Gasteiger partial charge >= 0.3 is 6.09 Å². The number of hydrogen-bond donors (Lipinski definition) is 0. The number of hydrogen-bond acceptors (Lipinski definition) is 5. The maximum atomic E-state index is 12.3. The van der Waals surface area contributed by atoms with Crippen molar-refractivity contribution in [3.63, 3.8) is 0 Å². The van der Waals surface area contributed by atoms with E-state index in [0.717, 1.165) is 64.0 Å². The molecule has 0 aromatic heterocycles. The molecule has 3 heterocycles. The monoisotopic (exact) mass is 449 g/mol. The Morgan fingerprint density at radius 2 is 1.81 bits per heavy atom. The van der Waals surface area contributed by atoms with Crippen LogP contribution < -0.4 is 0 Å². The Bertz CT molecular complexity index is 888. The molecule has 3 aliphatic heterocycles. The zero-order valence-electron chi connectivity index (χ0n) is 18.8. The summed E-state index contributed by atoms with van der Waals surface area (Å²) in [5.41, 5.74) is 2.41. The van der Waals surface area contributed by atoms with Gasteiger partial charge in [0, 0.05) is 38.1 Å². The number of rotatable bonds is 4. The summed E-state index contributed by atoms with van der Waals surface area (Å²) in [5, 5.41) is 0. The highest BCUT2D eigenvalue weighted by molar-refractivity contribution is 7.88. The van der Waals surface area contributed by atoms with E-state index in [0.29, 0.717) is 25.6 Å². The van der Waals surface area contributed by atoms with Gasteiger partial charge < -0.3 is 14.5 Å². The lowest BCUT2D eigenvalue weighted by Crippen LogP contribution is -2.53. The summed E-state index contributed by atoms with van der Waals surface area (Å²) in [7, 11) is -3.22. The quantitative estimate of drug-likeness (QED) is 0.707. The fraction of sp³-hybridized carbons (Fsp3) is 0.696. The fourth-order valence-electron chi connectivity index (χ4n) is 5.55. The second-order valence-corrected chi connectivity index (χ2v) is 11.4. The number of carbonyl (C=O) groups is 1. The molecule has 0 atom stereocenters. The average Bonchev–Trinajstić information content (AvgIpc) is 2.75. The van der Waals surface area contributed by atoms with Crippen molar-refractivity contribution in [2.45, 2.75) is 44.6 Å². The summed E-state index contributed by atoms with van der Waals surface area (Å²) < 4.78 is 31.5. The van der Waals surface area contributed by atoms with Crippen molar-refractivity contribution < 1.29 is 17.9 Å². The Labute approximate surface area is 186 Å². The fourth-order valence-corrected chi connectivity index (χ4v) is 6.40. The van der Waals surface area contributed by atoms with Gasteiger partial charge in [-0.25, -0.2) is 13.2 Å². The summed E-state index contributed by atoms with van der Waals surface area (Å²) in [4.78, 5) is 16.3. The van der Waals surface area contributed by atoms with Gasteiger partial charge in [-0.05, 0) is 62.7 Å². The largest absolute Gasteiger partial charge is 0.450 e. The number of fused-ring (bicyclic) bond motifs is 2. The molecule has 0 bridgehead atoms. The second-order valence-electron chi connectivity index (χ2n) is 9.40. The van der Waals surface area contributed by atoms with Gasteiger partial charge in [-0.3, -0.25) is 0 Å². The van der Waals surface area contributed by atoms with E-state index in [9.17, 15) is 13.2 Å². The van der Waals surface area contributed by atoms with Crippen LogP contribution in [0.4, 0.5) is 4.79 Å². The minimum Gasteiger partial charge on any atom is -0.450 e. The van der Waals surface area contributed by atoms with Crippen molar-refractivity contribution in [3.05, 3.63) is 35.4 Å². The van der Waals surface area contributed by atoms with Gasteiger partial charge in [0.25, 0.3) is 0 Å². The molecular weight excluding hydrogens is 414 g/mol. The Balaban J connectivity index is 1.37. The van der Waals surface area contributed by atoms with Gasteiger partial charge in [0.2, 0.25) is 10.0 Å². The van der Waals surface area contributed by atoms with Crippen molar-refractivity contribution in [2.24, 2.45) is 5.92 Å². The molecule has 0 radical (unpaired) electrons. The van der Waals surface area contributed by atoms with Crippen molar-refractivity contribution in [2.75, 3.05) is 52.1 Å². The number of benzene rings is 1. The molecule has 3 aliphatic rings. The molecule has 0 saturated carbocycles. The molecular formula is C23H35N3O4S. The lowest BCUT2D eigenvalue weighted by molar-refractivity contribution is 0.0755. The van der Waals surface area contributed by atoms with E-state index >= 15 is 0 Å². The van der Waals surface area contributed by atoms with Crippen LogP contribution >= 0.6 is 0 Å².